The fraction of sp³-hybridized carbons (Fsp3) is 0.333. The summed E-state index contributed by atoms with van der Waals surface area (Å²) in [7, 11) is 0. The number of aliphatic hydroxyl groups is 1. The van der Waals surface area contributed by atoms with Crippen molar-refractivity contribution in [2.45, 2.75) is 19.3 Å². The van der Waals surface area contributed by atoms with E-state index in [-0.39, 0.29) is 19.0 Å². The molecule has 138 valence electrons. The smallest absolute Gasteiger partial charge is 0.135 e. The summed E-state index contributed by atoms with van der Waals surface area (Å²) in [4.78, 5) is 2.43. The summed E-state index contributed by atoms with van der Waals surface area (Å²) in [6.45, 7) is 3.32. The van der Waals surface area contributed by atoms with Gasteiger partial charge in [-0.1, -0.05) is 35.4 Å². The Kier molecular flexibility index (Phi) is 6.25. The van der Waals surface area contributed by atoms with Gasteiger partial charge in [-0.2, -0.15) is 0 Å². The number of fused-ring (bicyclic) bond motifs is 2. The van der Waals surface area contributed by atoms with Gasteiger partial charge >= 0.3 is 0 Å². The van der Waals surface area contributed by atoms with Gasteiger partial charge in [-0.3, -0.25) is 0 Å². The van der Waals surface area contributed by atoms with E-state index in [1.165, 1.54) is 11.1 Å². The molecule has 0 saturated carbocycles. The summed E-state index contributed by atoms with van der Waals surface area (Å²) in [5, 5.41) is 9.77. The van der Waals surface area contributed by atoms with Crippen molar-refractivity contribution in [2.75, 3.05) is 26.2 Å². The van der Waals surface area contributed by atoms with Gasteiger partial charge in [0.05, 0.1) is 0 Å². The second kappa shape index (κ2) is 8.45. The molecular formula is C21H23Cl2NO2. The highest BCUT2D eigenvalue weighted by molar-refractivity contribution is 6.30. The largest absolute Gasteiger partial charge is 0.456 e. The third kappa shape index (κ3) is 3.77. The first-order chi connectivity index (χ1) is 12.3. The fourth-order valence-electron chi connectivity index (χ4n) is 3.78. The van der Waals surface area contributed by atoms with E-state index in [4.69, 9.17) is 21.4 Å². The minimum atomic E-state index is 0. The van der Waals surface area contributed by atoms with Gasteiger partial charge in [0.2, 0.25) is 0 Å². The second-order valence-electron chi connectivity index (χ2n) is 6.64. The number of para-hydroxylation sites is 1. The number of aliphatic hydroxyl groups excluding tert-OH is 1. The van der Waals surface area contributed by atoms with E-state index in [1.54, 1.807) is 0 Å². The van der Waals surface area contributed by atoms with Crippen LogP contribution in [0.15, 0.2) is 48.0 Å². The molecule has 0 aliphatic carbocycles. The number of halogens is 2. The number of piperidine rings is 1. The van der Waals surface area contributed by atoms with Crippen molar-refractivity contribution in [3.8, 4) is 11.5 Å². The van der Waals surface area contributed by atoms with E-state index >= 15 is 0 Å². The lowest BCUT2D eigenvalue weighted by Crippen LogP contribution is -2.32. The first kappa shape index (κ1) is 19.2. The molecular weight excluding hydrogens is 369 g/mol. The molecule has 1 fully saturated rings. The van der Waals surface area contributed by atoms with Gasteiger partial charge in [-0.15, -0.1) is 12.4 Å². The lowest BCUT2D eigenvalue weighted by molar-refractivity contribution is 0.215. The fourth-order valence-corrected chi connectivity index (χ4v) is 3.96. The molecule has 2 aliphatic heterocycles. The zero-order chi connectivity index (χ0) is 17.2. The Morgan fingerprint density at radius 1 is 1.00 bits per heavy atom. The lowest BCUT2D eigenvalue weighted by atomic mass is 9.86. The maximum Gasteiger partial charge on any atom is 0.135 e. The minimum Gasteiger partial charge on any atom is -0.456 e. The van der Waals surface area contributed by atoms with Crippen LogP contribution in [-0.2, 0) is 0 Å². The predicted molar refractivity (Wildman–Crippen MR) is 109 cm³/mol. The third-order valence-corrected chi connectivity index (χ3v) is 5.27. The number of ether oxygens (including phenoxy) is 1. The van der Waals surface area contributed by atoms with E-state index in [2.05, 4.69) is 17.0 Å². The molecule has 5 heteroatoms. The molecule has 0 radical (unpaired) electrons. The Hall–Kier alpha value is -1.52. The van der Waals surface area contributed by atoms with Crippen molar-refractivity contribution in [1.82, 2.24) is 4.90 Å². The third-order valence-electron chi connectivity index (χ3n) is 5.03. The van der Waals surface area contributed by atoms with Crippen molar-refractivity contribution in [1.29, 1.82) is 0 Å². The summed E-state index contributed by atoms with van der Waals surface area (Å²) in [6.07, 6.45) is 2.93. The predicted octanol–water partition coefficient (Wildman–Crippen LogP) is 5.15. The van der Waals surface area contributed by atoms with Gasteiger partial charge in [0.1, 0.15) is 11.5 Å². The quantitative estimate of drug-likeness (QED) is 0.669. The van der Waals surface area contributed by atoms with Crippen LogP contribution in [0.2, 0.25) is 5.02 Å². The zero-order valence-corrected chi connectivity index (χ0v) is 16.2. The van der Waals surface area contributed by atoms with Gasteiger partial charge in [-0.05, 0) is 49.1 Å². The Labute approximate surface area is 165 Å². The molecule has 0 atom stereocenters. The van der Waals surface area contributed by atoms with E-state index in [9.17, 15) is 0 Å². The minimum absolute atomic E-state index is 0. The van der Waals surface area contributed by atoms with Gasteiger partial charge in [0.25, 0.3) is 0 Å². The van der Waals surface area contributed by atoms with Crippen LogP contribution in [-0.4, -0.2) is 36.2 Å². The summed E-state index contributed by atoms with van der Waals surface area (Å²) in [6, 6.07) is 14.1. The molecule has 1 N–H and O–H groups in total. The highest BCUT2D eigenvalue weighted by Crippen LogP contribution is 2.47. The monoisotopic (exact) mass is 391 g/mol. The van der Waals surface area contributed by atoms with Crippen LogP contribution in [0.5, 0.6) is 11.5 Å². The molecule has 2 aromatic carbocycles. The maximum atomic E-state index is 9.03. The molecule has 0 unspecified atom stereocenters. The number of hydrogen-bond acceptors (Lipinski definition) is 3. The standard InChI is InChI=1S/C21H22ClNO2.ClH/c22-16-6-7-20-18(14-16)21(17-4-1-2-5-19(17)25-20)15-8-11-23(12-9-15)10-3-13-24;/h1-2,4-7,14,24H,3,8-13H2;1H. The Morgan fingerprint density at radius 2 is 1.73 bits per heavy atom. The number of nitrogens with zero attached hydrogens (tertiary/aromatic N) is 1. The van der Waals surface area contributed by atoms with Crippen LogP contribution in [0.3, 0.4) is 0 Å². The first-order valence-corrected chi connectivity index (χ1v) is 9.26. The number of benzene rings is 2. The maximum absolute atomic E-state index is 9.03. The molecule has 0 amide bonds. The molecule has 4 rings (SSSR count). The molecule has 0 aromatic heterocycles. The Bertz CT molecular complexity index is 809. The van der Waals surface area contributed by atoms with Crippen LogP contribution in [0.4, 0.5) is 0 Å². The average molecular weight is 392 g/mol. The van der Waals surface area contributed by atoms with Crippen molar-refractivity contribution in [3.05, 3.63) is 64.2 Å². The topological polar surface area (TPSA) is 32.7 Å². The molecule has 3 nitrogen and oxygen atoms in total. The first-order valence-electron chi connectivity index (χ1n) is 8.88. The van der Waals surface area contributed by atoms with Crippen molar-refractivity contribution in [3.63, 3.8) is 0 Å². The van der Waals surface area contributed by atoms with Crippen LogP contribution in [0, 0.1) is 0 Å². The molecule has 1 saturated heterocycles. The van der Waals surface area contributed by atoms with Crippen LogP contribution >= 0.6 is 24.0 Å². The van der Waals surface area contributed by atoms with E-state index < -0.39 is 0 Å². The summed E-state index contributed by atoms with van der Waals surface area (Å²) in [5.41, 5.74) is 5.03. The van der Waals surface area contributed by atoms with E-state index in [1.807, 2.05) is 30.3 Å². The average Bonchev–Trinajstić information content (AvgIpc) is 2.65. The van der Waals surface area contributed by atoms with Crippen molar-refractivity contribution >= 4 is 29.6 Å². The Morgan fingerprint density at radius 3 is 2.50 bits per heavy atom. The summed E-state index contributed by atoms with van der Waals surface area (Å²) >= 11 is 6.28. The number of hydrogen-bond donors (Lipinski definition) is 1. The Balaban J connectivity index is 0.00000196. The van der Waals surface area contributed by atoms with Crippen LogP contribution in [0.25, 0.3) is 5.57 Å². The van der Waals surface area contributed by atoms with Crippen LogP contribution < -0.4 is 4.74 Å². The molecule has 2 heterocycles. The van der Waals surface area contributed by atoms with E-state index in [0.717, 1.165) is 66.5 Å². The zero-order valence-electron chi connectivity index (χ0n) is 14.6. The van der Waals surface area contributed by atoms with Crippen molar-refractivity contribution < 1.29 is 9.84 Å². The van der Waals surface area contributed by atoms with E-state index in [0.29, 0.717) is 0 Å². The summed E-state index contributed by atoms with van der Waals surface area (Å²) < 4.78 is 6.10. The van der Waals surface area contributed by atoms with Gasteiger partial charge in [0.15, 0.2) is 0 Å². The SMILES string of the molecule is Cl.OCCCN1CCC(=C2c3ccccc3Oc3ccc(Cl)cc32)CC1. The molecule has 0 bridgehead atoms. The molecule has 2 aliphatic rings. The second-order valence-corrected chi connectivity index (χ2v) is 7.07. The molecule has 0 spiro atoms. The van der Waals surface area contributed by atoms with Gasteiger partial charge in [-0.25, -0.2) is 0 Å². The highest BCUT2D eigenvalue weighted by Gasteiger charge is 2.26. The number of likely N-dealkylation sites (tertiary alicyclic amines) is 1. The molecule has 2 aromatic rings. The lowest BCUT2D eigenvalue weighted by Gasteiger charge is -2.32. The number of rotatable bonds is 3. The summed E-state index contributed by atoms with van der Waals surface area (Å²) in [5.74, 6) is 1.80. The highest BCUT2D eigenvalue weighted by atomic mass is 35.5. The van der Waals surface area contributed by atoms with Gasteiger partial charge < -0.3 is 14.7 Å². The van der Waals surface area contributed by atoms with Crippen molar-refractivity contribution in [2.24, 2.45) is 0 Å². The normalized spacial score (nSPS) is 16.4. The van der Waals surface area contributed by atoms with Gasteiger partial charge in [0, 0.05) is 42.4 Å². The van der Waals surface area contributed by atoms with Crippen LogP contribution in [0.1, 0.15) is 30.4 Å². The molecule has 26 heavy (non-hydrogen) atoms.